The fourth-order valence-electron chi connectivity index (χ4n) is 4.86. The zero-order chi connectivity index (χ0) is 23.5. The van der Waals surface area contributed by atoms with Crippen LogP contribution in [0.25, 0.3) is 0 Å². The van der Waals surface area contributed by atoms with Crippen LogP contribution in [0.15, 0.2) is 24.4 Å². The zero-order valence-electron chi connectivity index (χ0n) is 19.1. The summed E-state index contributed by atoms with van der Waals surface area (Å²) in [5.74, 6) is 0.539. The van der Waals surface area contributed by atoms with Gasteiger partial charge in [0, 0.05) is 44.6 Å². The van der Waals surface area contributed by atoms with E-state index in [0.717, 1.165) is 49.4 Å². The van der Waals surface area contributed by atoms with E-state index in [1.165, 1.54) is 5.56 Å². The van der Waals surface area contributed by atoms with Gasteiger partial charge in [-0.2, -0.15) is 0 Å². The highest BCUT2D eigenvalue weighted by atomic mass is 16.5. The van der Waals surface area contributed by atoms with Crippen molar-refractivity contribution in [3.05, 3.63) is 41.2 Å². The first kappa shape index (κ1) is 22.2. The van der Waals surface area contributed by atoms with Gasteiger partial charge in [0.15, 0.2) is 0 Å². The Kier molecular flexibility index (Phi) is 6.37. The molecule has 34 heavy (non-hydrogen) atoms. The number of hydrogen-bond acceptors (Lipinski definition) is 7. The molecule has 1 fully saturated rings. The van der Waals surface area contributed by atoms with Gasteiger partial charge >= 0.3 is 12.0 Å². The molecule has 0 aliphatic carbocycles. The van der Waals surface area contributed by atoms with E-state index in [2.05, 4.69) is 27.8 Å². The van der Waals surface area contributed by atoms with E-state index >= 15 is 0 Å². The van der Waals surface area contributed by atoms with Gasteiger partial charge < -0.3 is 30.3 Å². The number of carboxylic acid groups (broad SMARTS) is 1. The summed E-state index contributed by atoms with van der Waals surface area (Å²) in [6, 6.07) is 5.36. The van der Waals surface area contributed by atoms with Crippen LogP contribution in [0.2, 0.25) is 0 Å². The number of hydrogen-bond donors (Lipinski definition) is 3. The van der Waals surface area contributed by atoms with Crippen LogP contribution < -0.4 is 15.4 Å². The molecule has 0 saturated carbocycles. The summed E-state index contributed by atoms with van der Waals surface area (Å²) in [5, 5.41) is 16.1. The summed E-state index contributed by atoms with van der Waals surface area (Å²) in [6.45, 7) is 3.83. The molecule has 10 heteroatoms. The minimum Gasteiger partial charge on any atom is -0.481 e. The average Bonchev–Trinajstić information content (AvgIpc) is 3.22. The number of aliphatic carboxylic acids is 1. The van der Waals surface area contributed by atoms with Crippen molar-refractivity contribution < 1.29 is 19.4 Å². The van der Waals surface area contributed by atoms with Gasteiger partial charge in [0.2, 0.25) is 5.88 Å². The van der Waals surface area contributed by atoms with E-state index in [-0.39, 0.29) is 12.5 Å². The zero-order valence-corrected chi connectivity index (χ0v) is 19.1. The number of aromatic nitrogens is 2. The number of anilines is 2. The number of carbonyl (C=O) groups excluding carboxylic acids is 1. The summed E-state index contributed by atoms with van der Waals surface area (Å²) in [7, 11) is 0. The summed E-state index contributed by atoms with van der Waals surface area (Å²) in [4.78, 5) is 37.3. The molecule has 0 spiro atoms. The Morgan fingerprint density at radius 3 is 3.03 bits per heavy atom. The Morgan fingerprint density at radius 1 is 1.24 bits per heavy atom. The second-order valence-corrected chi connectivity index (χ2v) is 8.92. The average molecular weight is 467 g/mol. The lowest BCUT2D eigenvalue weighted by Gasteiger charge is -2.28. The van der Waals surface area contributed by atoms with E-state index in [9.17, 15) is 14.7 Å². The number of rotatable bonds is 8. The van der Waals surface area contributed by atoms with Gasteiger partial charge in [0.05, 0.1) is 18.2 Å². The van der Waals surface area contributed by atoms with Crippen molar-refractivity contribution in [2.45, 2.75) is 38.1 Å². The maximum atomic E-state index is 13.2. The predicted molar refractivity (Wildman–Crippen MR) is 126 cm³/mol. The van der Waals surface area contributed by atoms with Gasteiger partial charge in [-0.1, -0.05) is 6.07 Å². The quantitative estimate of drug-likeness (QED) is 0.543. The Morgan fingerprint density at radius 2 is 2.15 bits per heavy atom. The molecule has 3 aliphatic heterocycles. The molecule has 3 N–H and O–H groups in total. The van der Waals surface area contributed by atoms with Crippen molar-refractivity contribution in [1.29, 1.82) is 0 Å². The minimum atomic E-state index is -0.953. The molecule has 2 amide bonds. The Balaban J connectivity index is 1.22. The molecule has 5 heterocycles. The van der Waals surface area contributed by atoms with Crippen LogP contribution in [0.5, 0.6) is 5.88 Å². The van der Waals surface area contributed by atoms with Crippen molar-refractivity contribution in [1.82, 2.24) is 19.8 Å². The van der Waals surface area contributed by atoms with Crippen LogP contribution in [0.4, 0.5) is 16.3 Å². The van der Waals surface area contributed by atoms with Crippen molar-refractivity contribution >= 4 is 23.5 Å². The highest BCUT2D eigenvalue weighted by molar-refractivity contribution is 5.78. The molecule has 180 valence electrons. The van der Waals surface area contributed by atoms with E-state index in [1.54, 1.807) is 16.0 Å². The molecule has 1 unspecified atom stereocenters. The first-order chi connectivity index (χ1) is 16.6. The third-order valence-corrected chi connectivity index (χ3v) is 6.60. The van der Waals surface area contributed by atoms with E-state index < -0.39 is 12.0 Å². The van der Waals surface area contributed by atoms with Crippen molar-refractivity contribution in [3.8, 4) is 5.88 Å². The summed E-state index contributed by atoms with van der Waals surface area (Å²) < 4.78 is 5.53. The van der Waals surface area contributed by atoms with E-state index in [1.807, 2.05) is 6.07 Å². The number of fused-ring (bicyclic) bond motifs is 2. The van der Waals surface area contributed by atoms with Crippen LogP contribution in [-0.2, 0) is 17.6 Å². The van der Waals surface area contributed by atoms with Crippen LogP contribution in [0.1, 0.15) is 42.1 Å². The molecular formula is C24H30N6O4. The first-order valence-corrected chi connectivity index (χ1v) is 11.9. The summed E-state index contributed by atoms with van der Waals surface area (Å²) in [6.07, 6.45) is 5.23. The smallest absolute Gasteiger partial charge is 0.320 e. The number of carbonyl (C=O) groups is 2. The molecule has 1 atom stereocenters. The third-order valence-electron chi connectivity index (χ3n) is 6.60. The van der Waals surface area contributed by atoms with Gasteiger partial charge in [0.1, 0.15) is 12.4 Å². The predicted octanol–water partition coefficient (Wildman–Crippen LogP) is 2.53. The number of carboxylic acids is 1. The summed E-state index contributed by atoms with van der Waals surface area (Å²) >= 11 is 0. The van der Waals surface area contributed by atoms with Gasteiger partial charge in [-0.15, -0.1) is 0 Å². The van der Waals surface area contributed by atoms with Gasteiger partial charge in [-0.3, -0.25) is 4.79 Å². The lowest BCUT2D eigenvalue weighted by molar-refractivity contribution is -0.138. The highest BCUT2D eigenvalue weighted by Crippen LogP contribution is 2.33. The van der Waals surface area contributed by atoms with Crippen LogP contribution in [-0.4, -0.2) is 76.2 Å². The number of amides is 2. The van der Waals surface area contributed by atoms with E-state index in [4.69, 9.17) is 9.72 Å². The summed E-state index contributed by atoms with van der Waals surface area (Å²) in [5.41, 5.74) is 3.72. The molecule has 10 nitrogen and oxygen atoms in total. The Hall–Kier alpha value is -3.56. The van der Waals surface area contributed by atoms with Gasteiger partial charge in [-0.05, 0) is 48.9 Å². The number of aryl methyl sites for hydroxylation is 2. The molecule has 2 aromatic heterocycles. The highest BCUT2D eigenvalue weighted by Gasteiger charge is 2.36. The second kappa shape index (κ2) is 9.74. The number of urea groups is 1. The fourth-order valence-corrected chi connectivity index (χ4v) is 4.86. The SMILES string of the molecule is O=C(O)CC(c1cnc2c(c1)NCCO2)N1CCN(CCCc2ccc3c(n2)NCCC3)C1=O. The molecule has 0 radical (unpaired) electrons. The second-order valence-electron chi connectivity index (χ2n) is 8.92. The van der Waals surface area contributed by atoms with E-state index in [0.29, 0.717) is 44.2 Å². The number of nitrogens with zero attached hydrogens (tertiary/aromatic N) is 4. The van der Waals surface area contributed by atoms with Crippen LogP contribution in [0, 0.1) is 0 Å². The van der Waals surface area contributed by atoms with Crippen molar-refractivity contribution in [2.24, 2.45) is 0 Å². The van der Waals surface area contributed by atoms with Gasteiger partial charge in [0.25, 0.3) is 0 Å². The minimum absolute atomic E-state index is 0.131. The number of nitrogens with one attached hydrogen (secondary N) is 2. The maximum absolute atomic E-state index is 13.2. The van der Waals surface area contributed by atoms with Crippen molar-refractivity contribution in [3.63, 3.8) is 0 Å². The maximum Gasteiger partial charge on any atom is 0.320 e. The molecule has 0 aromatic carbocycles. The van der Waals surface area contributed by atoms with Gasteiger partial charge in [-0.25, -0.2) is 14.8 Å². The molecule has 2 aromatic rings. The topological polar surface area (TPSA) is 120 Å². The molecule has 3 aliphatic rings. The number of pyridine rings is 2. The fraction of sp³-hybridized carbons (Fsp3) is 0.500. The largest absolute Gasteiger partial charge is 0.481 e. The molecule has 0 bridgehead atoms. The van der Waals surface area contributed by atoms with Crippen molar-refractivity contribution in [2.75, 3.05) is 50.0 Å². The lowest BCUT2D eigenvalue weighted by Crippen LogP contribution is -2.36. The van der Waals surface area contributed by atoms with Crippen LogP contribution in [0.3, 0.4) is 0 Å². The Labute approximate surface area is 198 Å². The molecular weight excluding hydrogens is 436 g/mol. The monoisotopic (exact) mass is 466 g/mol. The molecule has 5 rings (SSSR count). The number of ether oxygens (including phenoxy) is 1. The normalized spacial score (nSPS) is 17.8. The lowest BCUT2D eigenvalue weighted by atomic mass is 10.0. The van der Waals surface area contributed by atoms with Crippen LogP contribution >= 0.6 is 0 Å². The first-order valence-electron chi connectivity index (χ1n) is 11.9. The standard InChI is InChI=1S/C24H30N6O4/c31-21(32)14-20(17-13-19-23(27-15-17)34-12-8-25-19)30-11-10-29(24(30)33)9-2-4-18-6-5-16-3-1-7-26-22(16)28-18/h5-6,13,15,20,25H,1-4,7-12,14H2,(H,26,28)(H,31,32). The third kappa shape index (κ3) is 4.71. The Bertz CT molecular complexity index is 1080. The molecule has 1 saturated heterocycles.